The van der Waals surface area contributed by atoms with Gasteiger partial charge in [0.1, 0.15) is 4.47 Å². The monoisotopic (exact) mass is 386 g/mol. The fraction of sp³-hybridized carbons (Fsp3) is 0.286. The van der Waals surface area contributed by atoms with Crippen LogP contribution in [-0.2, 0) is 10.7 Å². The van der Waals surface area contributed by atoms with Gasteiger partial charge in [-0.1, -0.05) is 31.9 Å². The molecule has 0 aliphatic carbocycles. The fourth-order valence-corrected chi connectivity index (χ4v) is 2.47. The number of rotatable bonds is 3. The number of aromatic nitrogens is 1. The topological polar surface area (TPSA) is 56.0 Å². The first-order valence-electron chi connectivity index (χ1n) is 3.54. The van der Waals surface area contributed by atoms with Gasteiger partial charge in [-0.05, 0) is 15.9 Å². The van der Waals surface area contributed by atoms with Gasteiger partial charge in [-0.2, -0.15) is 0 Å². The molecule has 0 radical (unpaired) electrons. The molecule has 1 aromatic rings. The van der Waals surface area contributed by atoms with E-state index in [9.17, 15) is 10.1 Å². The lowest BCUT2D eigenvalue weighted by atomic mass is 10.3. The van der Waals surface area contributed by atoms with Crippen LogP contribution in [0.4, 0.5) is 5.69 Å². The molecule has 0 spiro atoms. The first kappa shape index (κ1) is 12.1. The highest BCUT2D eigenvalue weighted by Gasteiger charge is 2.17. The van der Waals surface area contributed by atoms with Gasteiger partial charge in [0, 0.05) is 16.7 Å². The van der Waals surface area contributed by atoms with Crippen LogP contribution in [0.1, 0.15) is 11.4 Å². The third kappa shape index (κ3) is 2.52. The summed E-state index contributed by atoms with van der Waals surface area (Å²) in [5, 5.41) is 11.7. The molecule has 0 saturated heterocycles. The molecule has 76 valence electrons. The lowest BCUT2D eigenvalue weighted by molar-refractivity contribution is -0.385. The van der Waals surface area contributed by atoms with Gasteiger partial charge in [0.15, 0.2) is 0 Å². The summed E-state index contributed by atoms with van der Waals surface area (Å²) in [5.41, 5.74) is 1.33. The largest absolute Gasteiger partial charge is 0.287 e. The molecule has 1 rings (SSSR count). The maximum absolute atomic E-state index is 10.7. The van der Waals surface area contributed by atoms with Crippen LogP contribution >= 0.6 is 47.8 Å². The van der Waals surface area contributed by atoms with Gasteiger partial charge >= 0.3 is 0 Å². The Kier molecular flexibility index (Phi) is 4.46. The molecule has 14 heavy (non-hydrogen) atoms. The van der Waals surface area contributed by atoms with E-state index in [2.05, 4.69) is 52.8 Å². The van der Waals surface area contributed by atoms with Gasteiger partial charge in [0.2, 0.25) is 0 Å². The van der Waals surface area contributed by atoms with Crippen molar-refractivity contribution in [2.24, 2.45) is 0 Å². The smallest absolute Gasteiger partial charge is 0.258 e. The van der Waals surface area contributed by atoms with Gasteiger partial charge < -0.3 is 0 Å². The molecule has 1 aromatic heterocycles. The summed E-state index contributed by atoms with van der Waals surface area (Å²) in [6, 6.07) is 1.45. The van der Waals surface area contributed by atoms with E-state index in [0.29, 0.717) is 26.5 Å². The number of hydrogen-bond donors (Lipinski definition) is 0. The minimum atomic E-state index is -0.427. The second-order valence-corrected chi connectivity index (χ2v) is 4.33. The number of nitro groups is 1. The normalized spacial score (nSPS) is 10.2. The Labute approximate surface area is 106 Å². The molecule has 4 nitrogen and oxygen atoms in total. The van der Waals surface area contributed by atoms with E-state index in [4.69, 9.17) is 0 Å². The number of nitrogens with zero attached hydrogens (tertiary/aromatic N) is 2. The summed E-state index contributed by atoms with van der Waals surface area (Å²) in [6.45, 7) is 0. The molecule has 7 heteroatoms. The Morgan fingerprint density at radius 3 is 2.50 bits per heavy atom. The van der Waals surface area contributed by atoms with Crippen molar-refractivity contribution in [3.8, 4) is 0 Å². The van der Waals surface area contributed by atoms with E-state index in [1.165, 1.54) is 6.07 Å². The second-order valence-electron chi connectivity index (χ2n) is 2.42. The van der Waals surface area contributed by atoms with E-state index in [1.54, 1.807) is 0 Å². The van der Waals surface area contributed by atoms with Crippen molar-refractivity contribution in [2.75, 3.05) is 0 Å². The van der Waals surface area contributed by atoms with Crippen LogP contribution in [0.5, 0.6) is 0 Å². The van der Waals surface area contributed by atoms with Crippen molar-refractivity contribution in [3.63, 3.8) is 0 Å². The number of pyridine rings is 1. The molecule has 0 aromatic carbocycles. The summed E-state index contributed by atoms with van der Waals surface area (Å²) in [5.74, 6) is 0. The third-order valence-corrected chi connectivity index (χ3v) is 3.49. The van der Waals surface area contributed by atoms with Crippen LogP contribution in [0.15, 0.2) is 10.5 Å². The molecule has 0 unspecified atom stereocenters. The van der Waals surface area contributed by atoms with Crippen molar-refractivity contribution < 1.29 is 4.92 Å². The molecule has 1 heterocycles. The first-order valence-corrected chi connectivity index (χ1v) is 6.58. The molecule has 0 aliphatic rings. The van der Waals surface area contributed by atoms with E-state index in [-0.39, 0.29) is 5.69 Å². The van der Waals surface area contributed by atoms with Crippen LogP contribution in [0, 0.1) is 10.1 Å². The molecular formula is C7H5Br3N2O2. The number of hydrogen-bond acceptors (Lipinski definition) is 3. The highest BCUT2D eigenvalue weighted by Crippen LogP contribution is 2.29. The Morgan fingerprint density at radius 1 is 1.43 bits per heavy atom. The summed E-state index contributed by atoms with van der Waals surface area (Å²) < 4.78 is 0.434. The Balaban J connectivity index is 3.34. The summed E-state index contributed by atoms with van der Waals surface area (Å²) >= 11 is 9.59. The van der Waals surface area contributed by atoms with Crippen molar-refractivity contribution in [3.05, 3.63) is 32.0 Å². The van der Waals surface area contributed by atoms with Crippen LogP contribution in [0.25, 0.3) is 0 Å². The first-order chi connectivity index (χ1) is 6.60. The van der Waals surface area contributed by atoms with E-state index in [0.717, 1.165) is 0 Å². The van der Waals surface area contributed by atoms with Crippen LogP contribution in [0.3, 0.4) is 0 Å². The van der Waals surface area contributed by atoms with Gasteiger partial charge in [-0.15, -0.1) is 0 Å². The molecular weight excluding hydrogens is 384 g/mol. The van der Waals surface area contributed by atoms with Gasteiger partial charge in [0.05, 0.1) is 16.3 Å². The lowest BCUT2D eigenvalue weighted by Gasteiger charge is -2.03. The third-order valence-electron chi connectivity index (χ3n) is 1.52. The average Bonchev–Trinajstić information content (AvgIpc) is 2.17. The molecule has 0 fully saturated rings. The maximum atomic E-state index is 10.7. The minimum absolute atomic E-state index is 0.0453. The van der Waals surface area contributed by atoms with Gasteiger partial charge in [-0.25, -0.2) is 0 Å². The Bertz CT molecular complexity index is 370. The highest BCUT2D eigenvalue weighted by atomic mass is 79.9. The Hall–Kier alpha value is -0.0100. The molecule has 0 aliphatic heterocycles. The van der Waals surface area contributed by atoms with Crippen LogP contribution in [0.2, 0.25) is 0 Å². The number of alkyl halides is 2. The predicted octanol–water partition coefficient (Wildman–Crippen LogP) is 3.54. The maximum Gasteiger partial charge on any atom is 0.287 e. The fourth-order valence-electron chi connectivity index (χ4n) is 0.914. The zero-order chi connectivity index (χ0) is 10.7. The standard InChI is InChI=1S/C7H5Br3N2O2/c8-2-4-1-6(12(13)14)7(10)5(3-9)11-4/h1H,2-3H2. The average molecular weight is 389 g/mol. The van der Waals surface area contributed by atoms with Crippen molar-refractivity contribution >= 4 is 53.5 Å². The van der Waals surface area contributed by atoms with Gasteiger partial charge in [-0.3, -0.25) is 15.1 Å². The van der Waals surface area contributed by atoms with E-state index < -0.39 is 4.92 Å². The van der Waals surface area contributed by atoms with Crippen LogP contribution < -0.4 is 0 Å². The zero-order valence-corrected chi connectivity index (χ0v) is 11.6. The lowest BCUT2D eigenvalue weighted by Crippen LogP contribution is -1.98. The molecule has 0 N–H and O–H groups in total. The van der Waals surface area contributed by atoms with Gasteiger partial charge in [0.25, 0.3) is 5.69 Å². The molecule has 0 atom stereocenters. The number of halogens is 3. The highest BCUT2D eigenvalue weighted by molar-refractivity contribution is 9.11. The van der Waals surface area contributed by atoms with Crippen LogP contribution in [-0.4, -0.2) is 9.91 Å². The minimum Gasteiger partial charge on any atom is -0.258 e. The molecule has 0 saturated carbocycles. The predicted molar refractivity (Wildman–Crippen MR) is 63.9 cm³/mol. The zero-order valence-electron chi connectivity index (χ0n) is 6.84. The van der Waals surface area contributed by atoms with Crippen molar-refractivity contribution in [2.45, 2.75) is 10.7 Å². The quantitative estimate of drug-likeness (QED) is 0.452. The summed E-state index contributed by atoms with van der Waals surface area (Å²) in [7, 11) is 0. The summed E-state index contributed by atoms with van der Waals surface area (Å²) in [4.78, 5) is 14.5. The van der Waals surface area contributed by atoms with Crippen molar-refractivity contribution in [1.82, 2.24) is 4.98 Å². The van der Waals surface area contributed by atoms with Crippen molar-refractivity contribution in [1.29, 1.82) is 0 Å². The van der Waals surface area contributed by atoms with E-state index >= 15 is 0 Å². The molecule has 0 bridgehead atoms. The van der Waals surface area contributed by atoms with E-state index in [1.807, 2.05) is 0 Å². The SMILES string of the molecule is O=[N+]([O-])c1cc(CBr)nc(CBr)c1Br. The second kappa shape index (κ2) is 5.18. The Morgan fingerprint density at radius 2 is 2.07 bits per heavy atom. The summed E-state index contributed by atoms with van der Waals surface area (Å²) in [6.07, 6.45) is 0. The molecule has 0 amide bonds.